The van der Waals surface area contributed by atoms with Gasteiger partial charge in [0.2, 0.25) is 15.9 Å². The Morgan fingerprint density at radius 1 is 1.04 bits per heavy atom. The second-order valence-electron chi connectivity index (χ2n) is 7.09. The molecule has 2 rings (SSSR count). The smallest absolute Gasteiger partial charge is 0.246 e. The summed E-state index contributed by atoms with van der Waals surface area (Å²) >= 11 is 0. The minimum absolute atomic E-state index is 0.00161. The highest BCUT2D eigenvalue weighted by molar-refractivity contribution is 7.89. The molecule has 5 nitrogen and oxygen atoms in total. The summed E-state index contributed by atoms with van der Waals surface area (Å²) in [4.78, 5) is 14.6. The number of rotatable bonds is 7. The van der Waals surface area contributed by atoms with Crippen molar-refractivity contribution in [3.8, 4) is 0 Å². The van der Waals surface area contributed by atoms with Crippen LogP contribution in [0.2, 0.25) is 0 Å². The Bertz CT molecular complexity index is 729. The predicted octanol–water partition coefficient (Wildman–Crippen LogP) is 3.91. The van der Waals surface area contributed by atoms with Gasteiger partial charge in [-0.3, -0.25) is 4.79 Å². The van der Waals surface area contributed by atoms with Gasteiger partial charge < -0.3 is 4.90 Å². The molecule has 0 aromatic heterocycles. The largest absolute Gasteiger partial charge is 0.339 e. The highest BCUT2D eigenvalue weighted by atomic mass is 32.2. The number of likely N-dealkylation sites (N-methyl/N-ethyl adjacent to an activating group) is 1. The van der Waals surface area contributed by atoms with Crippen LogP contribution in [0, 0.1) is 0 Å². The van der Waals surface area contributed by atoms with Crippen molar-refractivity contribution < 1.29 is 13.2 Å². The lowest BCUT2D eigenvalue weighted by molar-refractivity contribution is -0.126. The van der Waals surface area contributed by atoms with E-state index in [4.69, 9.17) is 0 Å². The second-order valence-corrected chi connectivity index (χ2v) is 9.02. The average molecular weight is 393 g/mol. The van der Waals surface area contributed by atoms with Crippen molar-refractivity contribution in [1.82, 2.24) is 9.21 Å². The summed E-state index contributed by atoms with van der Waals surface area (Å²) in [6.07, 6.45) is 10.4. The summed E-state index contributed by atoms with van der Waals surface area (Å²) in [7, 11) is -1.57. The molecule has 0 saturated heterocycles. The van der Waals surface area contributed by atoms with Gasteiger partial charge in [0.15, 0.2) is 0 Å². The molecule has 0 unspecified atom stereocenters. The van der Waals surface area contributed by atoms with Crippen LogP contribution in [0.15, 0.2) is 35.2 Å². The number of sulfonamides is 1. The van der Waals surface area contributed by atoms with Gasteiger partial charge in [-0.25, -0.2) is 8.42 Å². The number of hydrogen-bond acceptors (Lipinski definition) is 3. The lowest BCUT2D eigenvalue weighted by atomic mass is 10.1. The van der Waals surface area contributed by atoms with Crippen LogP contribution >= 0.6 is 0 Å². The van der Waals surface area contributed by atoms with Crippen molar-refractivity contribution in [1.29, 1.82) is 0 Å². The van der Waals surface area contributed by atoms with E-state index < -0.39 is 10.0 Å². The highest BCUT2D eigenvalue weighted by Gasteiger charge is 2.21. The van der Waals surface area contributed by atoms with Gasteiger partial charge >= 0.3 is 0 Å². The minimum atomic E-state index is -3.45. The van der Waals surface area contributed by atoms with E-state index in [1.54, 1.807) is 36.4 Å². The van der Waals surface area contributed by atoms with Gasteiger partial charge in [0, 0.05) is 32.3 Å². The fourth-order valence-corrected chi connectivity index (χ4v) is 5.03. The molecule has 1 fully saturated rings. The Hall–Kier alpha value is -1.66. The minimum Gasteiger partial charge on any atom is -0.339 e. The molecular weight excluding hydrogens is 360 g/mol. The van der Waals surface area contributed by atoms with E-state index in [9.17, 15) is 13.2 Å². The van der Waals surface area contributed by atoms with E-state index in [-0.39, 0.29) is 10.8 Å². The number of carbonyl (C=O) groups is 1. The van der Waals surface area contributed by atoms with E-state index in [0.717, 1.165) is 18.4 Å². The third kappa shape index (κ3) is 5.66. The molecular formula is C21H32N2O3S. The van der Waals surface area contributed by atoms with Crippen molar-refractivity contribution in [2.24, 2.45) is 0 Å². The summed E-state index contributed by atoms with van der Waals surface area (Å²) in [6, 6.07) is 7.02. The van der Waals surface area contributed by atoms with Crippen LogP contribution in [0.3, 0.4) is 0 Å². The lowest BCUT2D eigenvalue weighted by Crippen LogP contribution is -2.35. The number of nitrogens with zero attached hydrogens (tertiary/aromatic N) is 2. The highest BCUT2D eigenvalue weighted by Crippen LogP contribution is 2.21. The topological polar surface area (TPSA) is 57.7 Å². The van der Waals surface area contributed by atoms with Gasteiger partial charge in [-0.2, -0.15) is 4.31 Å². The van der Waals surface area contributed by atoms with Crippen LogP contribution in [-0.4, -0.2) is 49.7 Å². The zero-order valence-electron chi connectivity index (χ0n) is 16.7. The fourth-order valence-electron chi connectivity index (χ4n) is 3.57. The Morgan fingerprint density at radius 2 is 1.59 bits per heavy atom. The fraction of sp³-hybridized carbons (Fsp3) is 0.571. The van der Waals surface area contributed by atoms with Crippen molar-refractivity contribution in [3.63, 3.8) is 0 Å². The lowest BCUT2D eigenvalue weighted by Gasteiger charge is -2.26. The average Bonchev–Trinajstić information content (AvgIpc) is 2.96. The van der Waals surface area contributed by atoms with Crippen molar-refractivity contribution >= 4 is 22.0 Å². The van der Waals surface area contributed by atoms with Gasteiger partial charge in [-0.05, 0) is 36.6 Å². The zero-order chi connectivity index (χ0) is 19.9. The molecule has 1 amide bonds. The molecule has 0 spiro atoms. The van der Waals surface area contributed by atoms with Crippen molar-refractivity contribution in [2.75, 3.05) is 20.1 Å². The van der Waals surface area contributed by atoms with Gasteiger partial charge in [-0.15, -0.1) is 0 Å². The molecule has 1 aromatic rings. The van der Waals surface area contributed by atoms with Crippen LogP contribution in [0.25, 0.3) is 6.08 Å². The third-order valence-corrected chi connectivity index (χ3v) is 7.43. The van der Waals surface area contributed by atoms with E-state index in [1.165, 1.54) is 30.0 Å². The molecule has 0 N–H and O–H groups in total. The maximum absolute atomic E-state index is 12.5. The Labute approximate surface area is 164 Å². The quantitative estimate of drug-likeness (QED) is 0.522. The van der Waals surface area contributed by atoms with E-state index >= 15 is 0 Å². The SMILES string of the molecule is CCN(CC)S(=O)(=O)c1ccc(/C=C/C(=O)N(C)C2CCCCCC2)cc1. The second kappa shape index (κ2) is 10.0. The van der Waals surface area contributed by atoms with Gasteiger partial charge in [0.1, 0.15) is 0 Å². The summed E-state index contributed by atoms with van der Waals surface area (Å²) in [5.41, 5.74) is 0.816. The summed E-state index contributed by atoms with van der Waals surface area (Å²) in [5.74, 6) is 0.00161. The molecule has 0 atom stereocenters. The molecule has 0 radical (unpaired) electrons. The van der Waals surface area contributed by atoms with Gasteiger partial charge in [-0.1, -0.05) is 51.7 Å². The van der Waals surface area contributed by atoms with Crippen molar-refractivity contribution in [2.45, 2.75) is 63.3 Å². The van der Waals surface area contributed by atoms with Crippen molar-refractivity contribution in [3.05, 3.63) is 35.9 Å². The number of amides is 1. The van der Waals surface area contributed by atoms with Gasteiger partial charge in [0.05, 0.1) is 4.90 Å². The molecule has 1 saturated carbocycles. The first-order chi connectivity index (χ1) is 12.9. The maximum Gasteiger partial charge on any atom is 0.246 e. The summed E-state index contributed by atoms with van der Waals surface area (Å²) in [6.45, 7) is 4.55. The molecule has 0 heterocycles. The first-order valence-electron chi connectivity index (χ1n) is 9.95. The number of benzene rings is 1. The summed E-state index contributed by atoms with van der Waals surface area (Å²) < 4.78 is 26.5. The van der Waals surface area contributed by atoms with Crippen LogP contribution in [-0.2, 0) is 14.8 Å². The molecule has 150 valence electrons. The molecule has 6 heteroatoms. The Morgan fingerprint density at radius 3 is 2.11 bits per heavy atom. The Balaban J connectivity index is 2.03. The zero-order valence-corrected chi connectivity index (χ0v) is 17.5. The number of hydrogen-bond donors (Lipinski definition) is 0. The molecule has 0 aliphatic heterocycles. The van der Waals surface area contributed by atoms with Crippen LogP contribution in [0.1, 0.15) is 57.9 Å². The standard InChI is InChI=1S/C21H32N2O3S/c1-4-23(5-2)27(25,26)20-15-12-18(13-16-20)14-17-21(24)22(3)19-10-8-6-7-9-11-19/h12-17,19H,4-11H2,1-3H3/b17-14+. The normalized spacial score (nSPS) is 16.6. The van der Waals surface area contributed by atoms with Crippen LogP contribution in [0.4, 0.5) is 0 Å². The monoisotopic (exact) mass is 392 g/mol. The van der Waals surface area contributed by atoms with E-state index in [1.807, 2.05) is 25.8 Å². The molecule has 1 aliphatic carbocycles. The van der Waals surface area contributed by atoms with Crippen LogP contribution in [0.5, 0.6) is 0 Å². The number of carbonyl (C=O) groups excluding carboxylic acids is 1. The Kier molecular flexibility index (Phi) is 8.05. The first-order valence-corrected chi connectivity index (χ1v) is 11.4. The molecule has 1 aromatic carbocycles. The molecule has 0 bridgehead atoms. The molecule has 1 aliphatic rings. The maximum atomic E-state index is 12.5. The van der Waals surface area contributed by atoms with E-state index in [0.29, 0.717) is 19.1 Å². The summed E-state index contributed by atoms with van der Waals surface area (Å²) in [5, 5.41) is 0. The third-order valence-electron chi connectivity index (χ3n) is 5.36. The molecule has 27 heavy (non-hydrogen) atoms. The van der Waals surface area contributed by atoms with Crippen LogP contribution < -0.4 is 0 Å². The first kappa shape index (κ1) is 21.6. The predicted molar refractivity (Wildman–Crippen MR) is 110 cm³/mol. The van der Waals surface area contributed by atoms with E-state index in [2.05, 4.69) is 0 Å². The van der Waals surface area contributed by atoms with Gasteiger partial charge in [0.25, 0.3) is 0 Å².